The summed E-state index contributed by atoms with van der Waals surface area (Å²) >= 11 is 1.12. The van der Waals surface area contributed by atoms with Crippen molar-refractivity contribution in [3.05, 3.63) is 58.4 Å². The summed E-state index contributed by atoms with van der Waals surface area (Å²) < 4.78 is 37.5. The second-order valence-corrected chi connectivity index (χ2v) is 10.3. The van der Waals surface area contributed by atoms with Gasteiger partial charge in [-0.2, -0.15) is 4.99 Å². The van der Waals surface area contributed by atoms with Crippen molar-refractivity contribution in [1.82, 2.24) is 8.87 Å². The first kappa shape index (κ1) is 25.3. The number of aromatic nitrogens is 1. The Balaban J connectivity index is 2.06. The van der Waals surface area contributed by atoms with Crippen molar-refractivity contribution >= 4 is 49.4 Å². The lowest BCUT2D eigenvalue weighted by molar-refractivity contribution is -0.141. The fourth-order valence-electron chi connectivity index (χ4n) is 2.98. The Kier molecular flexibility index (Phi) is 7.64. The predicted molar refractivity (Wildman–Crippen MR) is 125 cm³/mol. The highest BCUT2D eigenvalue weighted by atomic mass is 32.2. The van der Waals surface area contributed by atoms with E-state index in [0.29, 0.717) is 15.8 Å². The van der Waals surface area contributed by atoms with Gasteiger partial charge in [-0.1, -0.05) is 11.3 Å². The molecule has 3 aromatic rings. The van der Waals surface area contributed by atoms with E-state index < -0.39 is 27.9 Å². The van der Waals surface area contributed by atoms with Crippen molar-refractivity contribution in [2.75, 3.05) is 27.8 Å². The van der Waals surface area contributed by atoms with Crippen LogP contribution >= 0.6 is 11.3 Å². The first-order valence-electron chi connectivity index (χ1n) is 10.1. The highest BCUT2D eigenvalue weighted by Gasteiger charge is 2.18. The molecule has 0 spiro atoms. The van der Waals surface area contributed by atoms with Crippen molar-refractivity contribution in [3.63, 3.8) is 0 Å². The largest absolute Gasteiger partial charge is 0.468 e. The van der Waals surface area contributed by atoms with E-state index in [9.17, 15) is 22.8 Å². The molecule has 0 N–H and O–H groups in total. The van der Waals surface area contributed by atoms with Gasteiger partial charge < -0.3 is 14.0 Å². The maximum Gasteiger partial charge on any atom is 0.338 e. The monoisotopic (exact) mass is 505 g/mol. The number of carbonyl (C=O) groups excluding carboxylic acids is 3. The van der Waals surface area contributed by atoms with Gasteiger partial charge in [0.25, 0.3) is 5.91 Å². The van der Waals surface area contributed by atoms with Gasteiger partial charge in [0, 0.05) is 19.7 Å². The first-order chi connectivity index (χ1) is 16.1. The van der Waals surface area contributed by atoms with E-state index in [2.05, 4.69) is 4.99 Å². The lowest BCUT2D eigenvalue weighted by Crippen LogP contribution is -2.23. The molecule has 0 saturated heterocycles. The van der Waals surface area contributed by atoms with Crippen LogP contribution in [0.15, 0.2) is 52.4 Å². The summed E-state index contributed by atoms with van der Waals surface area (Å²) in [5, 5.41) is 0. The van der Waals surface area contributed by atoms with Crippen LogP contribution in [0, 0.1) is 0 Å². The number of hydrogen-bond donors (Lipinski definition) is 0. The van der Waals surface area contributed by atoms with E-state index >= 15 is 0 Å². The zero-order chi connectivity index (χ0) is 25.0. The number of rotatable bonds is 7. The summed E-state index contributed by atoms with van der Waals surface area (Å²) in [6, 6.07) is 10.2. The molecule has 0 aliphatic heterocycles. The zero-order valence-corrected chi connectivity index (χ0v) is 20.6. The lowest BCUT2D eigenvalue weighted by Gasteiger charge is -2.11. The second-order valence-electron chi connectivity index (χ2n) is 7.18. The summed E-state index contributed by atoms with van der Waals surface area (Å²) in [5.74, 6) is -1.65. The van der Waals surface area contributed by atoms with Crippen molar-refractivity contribution in [2.45, 2.75) is 18.4 Å². The number of fused-ring (bicyclic) bond motifs is 1. The van der Waals surface area contributed by atoms with E-state index in [1.165, 1.54) is 50.0 Å². The standard InChI is InChI=1S/C22H23N3O7S2/c1-5-32-21(28)15-8-11-17-18(12-15)33-22(25(17)13-19(26)31-4)23-20(27)14-6-9-16(10-7-14)34(29,30)24(2)3/h6-12H,5,13H2,1-4H3. The average Bonchev–Trinajstić information content (AvgIpc) is 3.14. The van der Waals surface area contributed by atoms with E-state index in [-0.39, 0.29) is 28.4 Å². The van der Waals surface area contributed by atoms with E-state index in [1.54, 1.807) is 25.1 Å². The maximum atomic E-state index is 12.8. The minimum atomic E-state index is -3.63. The van der Waals surface area contributed by atoms with Crippen LogP contribution in [0.3, 0.4) is 0 Å². The first-order valence-corrected chi connectivity index (χ1v) is 12.3. The number of esters is 2. The molecule has 1 heterocycles. The molecule has 34 heavy (non-hydrogen) atoms. The molecular formula is C22H23N3O7S2. The maximum absolute atomic E-state index is 12.8. The summed E-state index contributed by atoms with van der Waals surface area (Å²) in [5.41, 5.74) is 1.09. The van der Waals surface area contributed by atoms with Crippen LogP contribution in [-0.2, 0) is 30.8 Å². The topological polar surface area (TPSA) is 124 Å². The lowest BCUT2D eigenvalue weighted by atomic mass is 10.2. The van der Waals surface area contributed by atoms with Gasteiger partial charge in [-0.3, -0.25) is 9.59 Å². The zero-order valence-electron chi connectivity index (χ0n) is 19.0. The third-order valence-corrected chi connectivity index (χ3v) is 7.66. The van der Waals surface area contributed by atoms with Crippen molar-refractivity contribution in [1.29, 1.82) is 0 Å². The Labute approximate surface area is 200 Å². The van der Waals surface area contributed by atoms with E-state index in [1.807, 2.05) is 0 Å². The second kappa shape index (κ2) is 10.3. The van der Waals surface area contributed by atoms with Gasteiger partial charge in [0.1, 0.15) is 6.54 Å². The summed E-state index contributed by atoms with van der Waals surface area (Å²) in [4.78, 5) is 41.3. The molecule has 0 aliphatic carbocycles. The minimum absolute atomic E-state index is 0.0446. The Bertz CT molecular complexity index is 1420. The molecule has 2 aromatic carbocycles. The fraction of sp³-hybridized carbons (Fsp3) is 0.273. The molecule has 0 aliphatic rings. The quantitative estimate of drug-likeness (QED) is 0.450. The van der Waals surface area contributed by atoms with Crippen LogP contribution in [0.1, 0.15) is 27.6 Å². The van der Waals surface area contributed by atoms with Crippen LogP contribution in [-0.4, -0.2) is 62.9 Å². The third kappa shape index (κ3) is 5.24. The number of sulfonamides is 1. The highest BCUT2D eigenvalue weighted by Crippen LogP contribution is 2.21. The molecule has 0 fully saturated rings. The van der Waals surface area contributed by atoms with Crippen molar-refractivity contribution < 1.29 is 32.3 Å². The fourth-order valence-corrected chi connectivity index (χ4v) is 4.95. The normalized spacial score (nSPS) is 12.2. The number of ether oxygens (including phenoxy) is 2. The number of thiazole rings is 1. The van der Waals surface area contributed by atoms with Gasteiger partial charge in [-0.25, -0.2) is 17.5 Å². The van der Waals surface area contributed by atoms with Gasteiger partial charge >= 0.3 is 11.9 Å². The van der Waals surface area contributed by atoms with Gasteiger partial charge in [0.05, 0.1) is 34.4 Å². The van der Waals surface area contributed by atoms with Crippen LogP contribution in [0.2, 0.25) is 0 Å². The number of hydrogen-bond acceptors (Lipinski definition) is 8. The summed E-state index contributed by atoms with van der Waals surface area (Å²) in [6.07, 6.45) is 0. The molecule has 12 heteroatoms. The number of nitrogens with zero attached hydrogens (tertiary/aromatic N) is 3. The van der Waals surface area contributed by atoms with Crippen LogP contribution in [0.4, 0.5) is 0 Å². The number of carbonyl (C=O) groups is 3. The van der Waals surface area contributed by atoms with Crippen LogP contribution < -0.4 is 4.80 Å². The molecule has 180 valence electrons. The molecule has 0 saturated carbocycles. The number of amides is 1. The smallest absolute Gasteiger partial charge is 0.338 e. The third-order valence-electron chi connectivity index (χ3n) is 4.79. The number of benzene rings is 2. The summed E-state index contributed by atoms with van der Waals surface area (Å²) in [7, 11) is 0.448. The molecule has 3 rings (SSSR count). The SMILES string of the molecule is CCOC(=O)c1ccc2c(c1)sc(=NC(=O)c1ccc(S(=O)(=O)N(C)C)cc1)n2CC(=O)OC. The average molecular weight is 506 g/mol. The van der Waals surface area contributed by atoms with Crippen molar-refractivity contribution in [3.8, 4) is 0 Å². The molecular weight excluding hydrogens is 482 g/mol. The van der Waals surface area contributed by atoms with Gasteiger partial charge in [0.15, 0.2) is 4.80 Å². The Morgan fingerprint density at radius 3 is 2.29 bits per heavy atom. The van der Waals surface area contributed by atoms with Gasteiger partial charge in [-0.05, 0) is 49.4 Å². The van der Waals surface area contributed by atoms with Crippen molar-refractivity contribution in [2.24, 2.45) is 4.99 Å². The Hall–Kier alpha value is -3.35. The molecule has 0 atom stereocenters. The predicted octanol–water partition coefficient (Wildman–Crippen LogP) is 2.04. The molecule has 0 bridgehead atoms. The molecule has 1 aromatic heterocycles. The molecule has 10 nitrogen and oxygen atoms in total. The molecule has 0 unspecified atom stereocenters. The van der Waals surface area contributed by atoms with E-state index in [0.717, 1.165) is 15.6 Å². The van der Waals surface area contributed by atoms with Gasteiger partial charge in [-0.15, -0.1) is 0 Å². The Morgan fingerprint density at radius 1 is 1.06 bits per heavy atom. The molecule has 1 amide bonds. The Morgan fingerprint density at radius 2 is 1.71 bits per heavy atom. The number of methoxy groups -OCH3 is 1. The van der Waals surface area contributed by atoms with Crippen LogP contribution in [0.25, 0.3) is 10.2 Å². The van der Waals surface area contributed by atoms with Crippen LogP contribution in [0.5, 0.6) is 0 Å². The highest BCUT2D eigenvalue weighted by molar-refractivity contribution is 7.89. The van der Waals surface area contributed by atoms with Gasteiger partial charge in [0.2, 0.25) is 10.0 Å². The summed E-state index contributed by atoms with van der Waals surface area (Å²) in [6.45, 7) is 1.74. The van der Waals surface area contributed by atoms with E-state index in [4.69, 9.17) is 9.47 Å². The molecule has 0 radical (unpaired) electrons. The minimum Gasteiger partial charge on any atom is -0.468 e.